The summed E-state index contributed by atoms with van der Waals surface area (Å²) in [4.78, 5) is 13.2. The van der Waals surface area contributed by atoms with Gasteiger partial charge in [-0.05, 0) is 12.8 Å². The molecule has 0 unspecified atom stereocenters. The molecule has 68 valence electrons. The van der Waals surface area contributed by atoms with Crippen molar-refractivity contribution in [2.24, 2.45) is 5.73 Å². The van der Waals surface area contributed by atoms with E-state index in [-0.39, 0.29) is 11.9 Å². The van der Waals surface area contributed by atoms with Crippen molar-refractivity contribution in [1.82, 2.24) is 4.90 Å². The summed E-state index contributed by atoms with van der Waals surface area (Å²) in [5, 5.41) is 0. The number of carbonyl (C=O) groups is 1. The monoisotopic (exact) mass is 170 g/mol. The Kier molecular flexibility index (Phi) is 2.02. The first-order valence-corrected chi connectivity index (χ1v) is 4.42. The lowest BCUT2D eigenvalue weighted by Gasteiger charge is -2.33. The summed E-state index contributed by atoms with van der Waals surface area (Å²) in [6, 6.07) is 0.428. The van der Waals surface area contributed by atoms with E-state index >= 15 is 0 Å². The number of ether oxygens (including phenoxy) is 1. The summed E-state index contributed by atoms with van der Waals surface area (Å²) in [5.74, 6) is -0.249. The smallest absolute Gasteiger partial charge is 0.237 e. The van der Waals surface area contributed by atoms with E-state index in [2.05, 4.69) is 4.90 Å². The molecule has 2 N–H and O–H groups in total. The number of primary amides is 1. The molecule has 12 heavy (non-hydrogen) atoms. The maximum atomic E-state index is 11.0. The maximum absolute atomic E-state index is 11.0. The highest BCUT2D eigenvalue weighted by molar-refractivity contribution is 5.80. The topological polar surface area (TPSA) is 55.6 Å². The molecule has 1 aliphatic carbocycles. The van der Waals surface area contributed by atoms with E-state index in [1.54, 1.807) is 0 Å². The molecule has 2 rings (SSSR count). The molecule has 4 heteroatoms. The number of rotatable bonds is 2. The molecule has 1 aliphatic heterocycles. The van der Waals surface area contributed by atoms with Crippen LogP contribution < -0.4 is 5.73 Å². The Balaban J connectivity index is 2.00. The molecule has 1 atom stereocenters. The van der Waals surface area contributed by atoms with Crippen LogP contribution in [0.5, 0.6) is 0 Å². The van der Waals surface area contributed by atoms with Gasteiger partial charge in [-0.15, -0.1) is 0 Å². The van der Waals surface area contributed by atoms with Crippen LogP contribution in [-0.4, -0.2) is 42.6 Å². The number of morpholine rings is 1. The van der Waals surface area contributed by atoms with Crippen molar-refractivity contribution in [3.63, 3.8) is 0 Å². The minimum absolute atomic E-state index is 0.175. The molecule has 0 aromatic rings. The number of hydrogen-bond donors (Lipinski definition) is 1. The molecule has 1 saturated heterocycles. The quantitative estimate of drug-likeness (QED) is 0.598. The van der Waals surface area contributed by atoms with E-state index in [1.165, 1.54) is 12.8 Å². The number of nitrogens with zero attached hydrogens (tertiary/aromatic N) is 1. The summed E-state index contributed by atoms with van der Waals surface area (Å²) >= 11 is 0. The fourth-order valence-corrected chi connectivity index (χ4v) is 1.71. The van der Waals surface area contributed by atoms with Gasteiger partial charge in [-0.2, -0.15) is 0 Å². The molecule has 0 aromatic carbocycles. The van der Waals surface area contributed by atoms with Crippen LogP contribution in [0.4, 0.5) is 0 Å². The second kappa shape index (κ2) is 3.03. The van der Waals surface area contributed by atoms with Crippen LogP contribution in [0.25, 0.3) is 0 Å². The Labute approximate surface area is 71.7 Å². The highest BCUT2D eigenvalue weighted by Crippen LogP contribution is 2.29. The van der Waals surface area contributed by atoms with Crippen LogP contribution in [0.3, 0.4) is 0 Å². The average molecular weight is 170 g/mol. The Bertz CT molecular complexity index is 191. The van der Waals surface area contributed by atoms with Gasteiger partial charge >= 0.3 is 0 Å². The SMILES string of the molecule is NC(=O)[C@H]1COCCN1C1CC1. The van der Waals surface area contributed by atoms with Crippen LogP contribution in [0.2, 0.25) is 0 Å². The highest BCUT2D eigenvalue weighted by atomic mass is 16.5. The lowest BCUT2D eigenvalue weighted by Crippen LogP contribution is -2.53. The van der Waals surface area contributed by atoms with Gasteiger partial charge in [0.05, 0.1) is 13.2 Å². The molecule has 0 spiro atoms. The summed E-state index contributed by atoms with van der Waals surface area (Å²) in [6.45, 7) is 2.07. The first-order chi connectivity index (χ1) is 5.79. The van der Waals surface area contributed by atoms with E-state index in [0.29, 0.717) is 12.6 Å². The third-order valence-corrected chi connectivity index (χ3v) is 2.51. The molecule has 2 fully saturated rings. The number of hydrogen-bond acceptors (Lipinski definition) is 3. The van der Waals surface area contributed by atoms with Gasteiger partial charge in [-0.1, -0.05) is 0 Å². The fourth-order valence-electron chi connectivity index (χ4n) is 1.71. The van der Waals surface area contributed by atoms with Crippen molar-refractivity contribution in [2.45, 2.75) is 24.9 Å². The third kappa shape index (κ3) is 1.44. The predicted octanol–water partition coefficient (Wildman–Crippen LogP) is -0.665. The fraction of sp³-hybridized carbons (Fsp3) is 0.875. The summed E-state index contributed by atoms with van der Waals surface area (Å²) in [5.41, 5.74) is 5.26. The second-order valence-corrected chi connectivity index (χ2v) is 3.46. The van der Waals surface area contributed by atoms with Crippen LogP contribution in [0.1, 0.15) is 12.8 Å². The zero-order valence-corrected chi connectivity index (χ0v) is 7.03. The number of carbonyl (C=O) groups excluding carboxylic acids is 1. The van der Waals surface area contributed by atoms with Crippen molar-refractivity contribution in [2.75, 3.05) is 19.8 Å². The van der Waals surface area contributed by atoms with Crippen molar-refractivity contribution < 1.29 is 9.53 Å². The number of amides is 1. The first-order valence-electron chi connectivity index (χ1n) is 4.42. The van der Waals surface area contributed by atoms with Gasteiger partial charge in [0.25, 0.3) is 0 Å². The molecule has 1 amide bonds. The van der Waals surface area contributed by atoms with Gasteiger partial charge in [-0.25, -0.2) is 0 Å². The maximum Gasteiger partial charge on any atom is 0.237 e. The molecule has 0 aromatic heterocycles. The molecular formula is C8H14N2O2. The lowest BCUT2D eigenvalue weighted by molar-refractivity contribution is -0.129. The van der Waals surface area contributed by atoms with Gasteiger partial charge in [0, 0.05) is 12.6 Å². The van der Waals surface area contributed by atoms with E-state index < -0.39 is 0 Å². The van der Waals surface area contributed by atoms with Crippen LogP contribution >= 0.6 is 0 Å². The minimum Gasteiger partial charge on any atom is -0.378 e. The van der Waals surface area contributed by atoms with E-state index in [9.17, 15) is 4.79 Å². The molecule has 0 bridgehead atoms. The largest absolute Gasteiger partial charge is 0.378 e. The Morgan fingerprint density at radius 1 is 1.50 bits per heavy atom. The van der Waals surface area contributed by atoms with Gasteiger partial charge in [0.2, 0.25) is 5.91 Å². The normalized spacial score (nSPS) is 31.8. The van der Waals surface area contributed by atoms with E-state index in [1.807, 2.05) is 0 Å². The van der Waals surface area contributed by atoms with E-state index in [4.69, 9.17) is 10.5 Å². The summed E-state index contributed by atoms with van der Waals surface area (Å²) in [6.07, 6.45) is 2.42. The molecule has 4 nitrogen and oxygen atoms in total. The zero-order valence-electron chi connectivity index (χ0n) is 7.03. The molecule has 1 saturated carbocycles. The third-order valence-electron chi connectivity index (χ3n) is 2.51. The zero-order chi connectivity index (χ0) is 8.55. The Hall–Kier alpha value is -0.610. The van der Waals surface area contributed by atoms with Crippen LogP contribution in [0.15, 0.2) is 0 Å². The van der Waals surface area contributed by atoms with Gasteiger partial charge in [0.15, 0.2) is 0 Å². The van der Waals surface area contributed by atoms with Crippen molar-refractivity contribution in [3.8, 4) is 0 Å². The van der Waals surface area contributed by atoms with Crippen LogP contribution in [0, 0.1) is 0 Å². The van der Waals surface area contributed by atoms with Gasteiger partial charge in [0.1, 0.15) is 6.04 Å². The van der Waals surface area contributed by atoms with Gasteiger partial charge < -0.3 is 10.5 Å². The van der Waals surface area contributed by atoms with Crippen molar-refractivity contribution in [1.29, 1.82) is 0 Å². The van der Waals surface area contributed by atoms with Crippen LogP contribution in [-0.2, 0) is 9.53 Å². The highest BCUT2D eigenvalue weighted by Gasteiger charge is 2.38. The Morgan fingerprint density at radius 2 is 2.25 bits per heavy atom. The summed E-state index contributed by atoms with van der Waals surface area (Å²) < 4.78 is 5.21. The van der Waals surface area contributed by atoms with Crippen molar-refractivity contribution in [3.05, 3.63) is 0 Å². The summed E-state index contributed by atoms with van der Waals surface area (Å²) in [7, 11) is 0. The Morgan fingerprint density at radius 3 is 2.83 bits per heavy atom. The average Bonchev–Trinajstić information content (AvgIpc) is 2.87. The molecule has 1 heterocycles. The van der Waals surface area contributed by atoms with E-state index in [0.717, 1.165) is 13.2 Å². The molecule has 2 aliphatic rings. The minimum atomic E-state index is -0.249. The molecular weight excluding hydrogens is 156 g/mol. The molecule has 0 radical (unpaired) electrons. The predicted molar refractivity (Wildman–Crippen MR) is 43.5 cm³/mol. The second-order valence-electron chi connectivity index (χ2n) is 3.46. The number of nitrogens with two attached hydrogens (primary N) is 1. The van der Waals surface area contributed by atoms with Crippen molar-refractivity contribution >= 4 is 5.91 Å². The standard InChI is InChI=1S/C8H14N2O2/c9-8(11)7-5-12-4-3-10(7)6-1-2-6/h6-7H,1-5H2,(H2,9,11)/t7-/m1/s1. The van der Waals surface area contributed by atoms with Gasteiger partial charge in [-0.3, -0.25) is 9.69 Å². The lowest BCUT2D eigenvalue weighted by atomic mass is 10.2. The first kappa shape index (κ1) is 8.01.